The zero-order valence-corrected chi connectivity index (χ0v) is 12.5. The average molecular weight is 277 g/mol. The lowest BCUT2D eigenvalue weighted by atomic mass is 9.82. The van der Waals surface area contributed by atoms with Crippen molar-refractivity contribution in [3.63, 3.8) is 0 Å². The third-order valence-corrected chi connectivity index (χ3v) is 5.56. The monoisotopic (exact) mass is 277 g/mol. The number of rotatable bonds is 3. The average Bonchev–Trinajstić information content (AvgIpc) is 2.46. The van der Waals surface area contributed by atoms with Crippen molar-refractivity contribution in [2.24, 2.45) is 5.41 Å². The van der Waals surface area contributed by atoms with Crippen LogP contribution < -0.4 is 5.32 Å². The SMILES string of the molecule is CC1(CNC2CCSc3ccccc32)CCOCC1. The molecule has 1 saturated heterocycles. The number of hydrogen-bond donors (Lipinski definition) is 1. The molecule has 2 nitrogen and oxygen atoms in total. The normalized spacial score (nSPS) is 25.8. The van der Waals surface area contributed by atoms with Gasteiger partial charge in [-0.05, 0) is 42.1 Å². The van der Waals surface area contributed by atoms with Gasteiger partial charge in [0.25, 0.3) is 0 Å². The fraction of sp³-hybridized carbons (Fsp3) is 0.625. The number of thioether (sulfide) groups is 1. The summed E-state index contributed by atoms with van der Waals surface area (Å²) in [5.74, 6) is 1.23. The van der Waals surface area contributed by atoms with Gasteiger partial charge in [-0.15, -0.1) is 11.8 Å². The van der Waals surface area contributed by atoms with Gasteiger partial charge in [0.1, 0.15) is 0 Å². The highest BCUT2D eigenvalue weighted by Gasteiger charge is 2.29. The first-order valence-corrected chi connectivity index (χ1v) is 8.28. The molecule has 0 amide bonds. The number of nitrogens with one attached hydrogen (secondary N) is 1. The van der Waals surface area contributed by atoms with Crippen LogP contribution in [0, 0.1) is 5.41 Å². The molecule has 2 heterocycles. The molecule has 0 saturated carbocycles. The van der Waals surface area contributed by atoms with Crippen LogP contribution in [0.5, 0.6) is 0 Å². The molecule has 0 aliphatic carbocycles. The number of fused-ring (bicyclic) bond motifs is 1. The van der Waals surface area contributed by atoms with Crippen molar-refractivity contribution in [2.45, 2.75) is 37.1 Å². The molecule has 3 rings (SSSR count). The van der Waals surface area contributed by atoms with Gasteiger partial charge < -0.3 is 10.1 Å². The summed E-state index contributed by atoms with van der Waals surface area (Å²) in [5, 5.41) is 3.82. The van der Waals surface area contributed by atoms with Crippen molar-refractivity contribution in [2.75, 3.05) is 25.5 Å². The molecule has 0 spiro atoms. The standard InChI is InChI=1S/C16H23NOS/c1-16(7-9-18-10-8-16)12-17-14-6-11-19-15-5-3-2-4-13(14)15/h2-5,14,17H,6-12H2,1H3. The summed E-state index contributed by atoms with van der Waals surface area (Å²) in [4.78, 5) is 1.46. The van der Waals surface area contributed by atoms with Crippen molar-refractivity contribution in [3.8, 4) is 0 Å². The molecule has 1 fully saturated rings. The van der Waals surface area contributed by atoms with Crippen LogP contribution in [0.2, 0.25) is 0 Å². The van der Waals surface area contributed by atoms with Crippen LogP contribution in [0.3, 0.4) is 0 Å². The van der Waals surface area contributed by atoms with E-state index in [1.807, 2.05) is 11.8 Å². The number of hydrogen-bond acceptors (Lipinski definition) is 3. The summed E-state index contributed by atoms with van der Waals surface area (Å²) in [7, 11) is 0. The first kappa shape index (κ1) is 13.5. The lowest BCUT2D eigenvalue weighted by Gasteiger charge is -2.36. The highest BCUT2D eigenvalue weighted by atomic mass is 32.2. The van der Waals surface area contributed by atoms with Crippen LogP contribution in [0.4, 0.5) is 0 Å². The topological polar surface area (TPSA) is 21.3 Å². The summed E-state index contributed by atoms with van der Waals surface area (Å²) in [5.41, 5.74) is 1.91. The molecule has 104 valence electrons. The number of ether oxygens (including phenoxy) is 1. The van der Waals surface area contributed by atoms with Gasteiger partial charge in [0.2, 0.25) is 0 Å². The van der Waals surface area contributed by atoms with Crippen LogP contribution in [0.1, 0.15) is 37.8 Å². The minimum Gasteiger partial charge on any atom is -0.381 e. The van der Waals surface area contributed by atoms with E-state index < -0.39 is 0 Å². The second-order valence-electron chi connectivity index (χ2n) is 6.03. The zero-order chi connectivity index (χ0) is 13.1. The summed E-state index contributed by atoms with van der Waals surface area (Å²) in [6.45, 7) is 5.36. The molecule has 1 unspecified atom stereocenters. The van der Waals surface area contributed by atoms with E-state index in [0.29, 0.717) is 11.5 Å². The van der Waals surface area contributed by atoms with Crippen LogP contribution in [-0.4, -0.2) is 25.5 Å². The number of benzene rings is 1. The molecule has 1 N–H and O–H groups in total. The van der Waals surface area contributed by atoms with Crippen molar-refractivity contribution in [1.29, 1.82) is 0 Å². The Morgan fingerprint density at radius 2 is 2.11 bits per heavy atom. The lowest BCUT2D eigenvalue weighted by molar-refractivity contribution is 0.0227. The molecule has 2 aliphatic rings. The van der Waals surface area contributed by atoms with Gasteiger partial charge in [-0.2, -0.15) is 0 Å². The Balaban J connectivity index is 1.64. The molecule has 0 aromatic heterocycles. The fourth-order valence-corrected chi connectivity index (χ4v) is 4.09. The van der Waals surface area contributed by atoms with Gasteiger partial charge in [0.15, 0.2) is 0 Å². The van der Waals surface area contributed by atoms with Crippen LogP contribution >= 0.6 is 11.8 Å². The van der Waals surface area contributed by atoms with Gasteiger partial charge in [0, 0.05) is 30.7 Å². The minimum absolute atomic E-state index is 0.414. The molecule has 2 aliphatic heterocycles. The maximum atomic E-state index is 5.48. The van der Waals surface area contributed by atoms with Gasteiger partial charge >= 0.3 is 0 Å². The second kappa shape index (κ2) is 5.86. The third kappa shape index (κ3) is 3.15. The second-order valence-corrected chi connectivity index (χ2v) is 7.17. The van der Waals surface area contributed by atoms with E-state index in [2.05, 4.69) is 36.5 Å². The van der Waals surface area contributed by atoms with Crippen molar-refractivity contribution < 1.29 is 4.74 Å². The first-order valence-electron chi connectivity index (χ1n) is 7.30. The molecule has 1 aromatic rings. The van der Waals surface area contributed by atoms with E-state index in [0.717, 1.165) is 19.8 Å². The smallest absolute Gasteiger partial charge is 0.0471 e. The van der Waals surface area contributed by atoms with Crippen molar-refractivity contribution in [3.05, 3.63) is 29.8 Å². The lowest BCUT2D eigenvalue weighted by Crippen LogP contribution is -2.39. The maximum absolute atomic E-state index is 5.48. The van der Waals surface area contributed by atoms with E-state index in [9.17, 15) is 0 Å². The van der Waals surface area contributed by atoms with Crippen LogP contribution in [0.15, 0.2) is 29.2 Å². The van der Waals surface area contributed by atoms with Gasteiger partial charge in [-0.25, -0.2) is 0 Å². The third-order valence-electron chi connectivity index (χ3n) is 4.43. The van der Waals surface area contributed by atoms with E-state index >= 15 is 0 Å². The molecule has 1 aromatic carbocycles. The van der Waals surface area contributed by atoms with E-state index in [-0.39, 0.29) is 0 Å². The quantitative estimate of drug-likeness (QED) is 0.911. The summed E-state index contributed by atoms with van der Waals surface area (Å²) >= 11 is 1.99. The highest BCUT2D eigenvalue weighted by Crippen LogP contribution is 2.37. The molecule has 1 atom stereocenters. The molecular formula is C16H23NOS. The predicted octanol–water partition coefficient (Wildman–Crippen LogP) is 3.63. The zero-order valence-electron chi connectivity index (χ0n) is 11.7. The Morgan fingerprint density at radius 3 is 2.95 bits per heavy atom. The molecule has 0 radical (unpaired) electrons. The maximum Gasteiger partial charge on any atom is 0.0471 e. The summed E-state index contributed by atoms with van der Waals surface area (Å²) in [6.07, 6.45) is 3.61. The van der Waals surface area contributed by atoms with E-state index in [1.54, 1.807) is 0 Å². The molecule has 0 bridgehead atoms. The van der Waals surface area contributed by atoms with Crippen molar-refractivity contribution in [1.82, 2.24) is 5.32 Å². The molecule has 19 heavy (non-hydrogen) atoms. The van der Waals surface area contributed by atoms with Gasteiger partial charge in [-0.1, -0.05) is 25.1 Å². The largest absolute Gasteiger partial charge is 0.381 e. The Bertz CT molecular complexity index is 429. The Kier molecular flexibility index (Phi) is 4.15. The summed E-state index contributed by atoms with van der Waals surface area (Å²) < 4.78 is 5.48. The Hall–Kier alpha value is -0.510. The summed E-state index contributed by atoms with van der Waals surface area (Å²) in [6, 6.07) is 9.39. The van der Waals surface area contributed by atoms with Gasteiger partial charge in [-0.3, -0.25) is 0 Å². The highest BCUT2D eigenvalue weighted by molar-refractivity contribution is 7.99. The van der Waals surface area contributed by atoms with E-state index in [4.69, 9.17) is 4.74 Å². The van der Waals surface area contributed by atoms with Crippen LogP contribution in [0.25, 0.3) is 0 Å². The molecular weight excluding hydrogens is 254 g/mol. The Labute approximate surface area is 120 Å². The van der Waals surface area contributed by atoms with E-state index in [1.165, 1.54) is 35.5 Å². The predicted molar refractivity (Wildman–Crippen MR) is 80.7 cm³/mol. The van der Waals surface area contributed by atoms with Crippen LogP contribution in [-0.2, 0) is 4.74 Å². The Morgan fingerprint density at radius 1 is 1.32 bits per heavy atom. The van der Waals surface area contributed by atoms with Crippen molar-refractivity contribution >= 4 is 11.8 Å². The molecule has 3 heteroatoms. The fourth-order valence-electron chi connectivity index (χ4n) is 2.96. The van der Waals surface area contributed by atoms with Gasteiger partial charge in [0.05, 0.1) is 0 Å². The first-order chi connectivity index (χ1) is 9.27. The minimum atomic E-state index is 0.414.